The minimum Gasteiger partial charge on any atom is -0.509 e. The minimum absolute atomic E-state index is 0.205. The fraction of sp³-hybridized carbons (Fsp3) is 0.286. The summed E-state index contributed by atoms with van der Waals surface area (Å²) in [6.45, 7) is 1.18. The molecule has 232 valence electrons. The number of amides is 2. The summed E-state index contributed by atoms with van der Waals surface area (Å²) in [6.07, 6.45) is -8.74. The van der Waals surface area contributed by atoms with Crippen LogP contribution in [0.4, 0.5) is 40.8 Å². The van der Waals surface area contributed by atoms with E-state index in [-0.39, 0.29) is 18.5 Å². The van der Waals surface area contributed by atoms with Gasteiger partial charge in [0.05, 0.1) is 29.0 Å². The normalized spacial score (nSPS) is 19.4. The number of rotatable bonds is 5. The monoisotopic (exact) mass is 627 g/mol. The average Bonchev–Trinajstić information content (AvgIpc) is 3.35. The number of alkyl halides is 6. The predicted octanol–water partition coefficient (Wildman–Crippen LogP) is 6.02. The van der Waals surface area contributed by atoms with Crippen LogP contribution in [0, 0.1) is 11.6 Å². The first kappa shape index (κ1) is 30.8. The highest BCUT2D eigenvalue weighted by atomic mass is 19.4. The molecule has 44 heavy (non-hydrogen) atoms. The topological polar surface area (TPSA) is 98.7 Å². The van der Waals surface area contributed by atoms with Gasteiger partial charge in [0.25, 0.3) is 11.8 Å². The highest BCUT2D eigenvalue weighted by Gasteiger charge is 2.52. The number of aliphatic hydroxyl groups excluding tert-OH is 1. The van der Waals surface area contributed by atoms with Gasteiger partial charge in [-0.2, -0.15) is 26.3 Å². The number of anilines is 1. The summed E-state index contributed by atoms with van der Waals surface area (Å²) in [7, 11) is 0. The maximum atomic E-state index is 14.5. The Kier molecular flexibility index (Phi) is 7.60. The molecule has 1 unspecified atom stereocenters. The van der Waals surface area contributed by atoms with Gasteiger partial charge in [0.15, 0.2) is 0 Å². The van der Waals surface area contributed by atoms with Crippen LogP contribution in [0.2, 0.25) is 0 Å². The van der Waals surface area contributed by atoms with Crippen molar-refractivity contribution in [3.63, 3.8) is 0 Å². The maximum absolute atomic E-state index is 14.5. The highest BCUT2D eigenvalue weighted by Crippen LogP contribution is 2.43. The fourth-order valence-corrected chi connectivity index (χ4v) is 5.26. The molecule has 2 aliphatic rings. The molecule has 16 heteroatoms. The van der Waals surface area contributed by atoms with Crippen LogP contribution >= 0.6 is 0 Å². The molecule has 1 fully saturated rings. The second-order valence-electron chi connectivity index (χ2n) is 10.3. The van der Waals surface area contributed by atoms with Crippen molar-refractivity contribution in [2.24, 2.45) is 0 Å². The van der Waals surface area contributed by atoms with Crippen LogP contribution in [0.1, 0.15) is 36.6 Å². The summed E-state index contributed by atoms with van der Waals surface area (Å²) in [5, 5.41) is 15.8. The van der Waals surface area contributed by atoms with Crippen molar-refractivity contribution in [1.29, 1.82) is 0 Å². The standard InChI is InChI=1S/C28H21F8N5O3/c1-26-7-2-8-41(26)40(12-14-9-16(29)4-5-18(14)30)25(44)22(23(26)42)24(43)39-19-6-3-15(27(31,32)33)10-17(19)20-11-21(28(34,35)36)38-13-37-20/h3-6,9-11,13,42H,2,7-8,12H2,1H3,(H,39,43). The van der Waals surface area contributed by atoms with Gasteiger partial charge in [-0.1, -0.05) is 0 Å². The first-order chi connectivity index (χ1) is 20.5. The van der Waals surface area contributed by atoms with Crippen molar-refractivity contribution in [1.82, 2.24) is 20.0 Å². The number of hydrazine groups is 1. The largest absolute Gasteiger partial charge is 0.509 e. The number of nitrogens with one attached hydrogen (secondary N) is 1. The Balaban J connectivity index is 1.57. The van der Waals surface area contributed by atoms with Crippen LogP contribution in [0.25, 0.3) is 11.3 Å². The number of hydrogen-bond acceptors (Lipinski definition) is 6. The molecule has 0 aliphatic carbocycles. The molecular weight excluding hydrogens is 606 g/mol. The van der Waals surface area contributed by atoms with Crippen LogP contribution in [0.3, 0.4) is 0 Å². The van der Waals surface area contributed by atoms with Crippen molar-refractivity contribution in [2.45, 2.75) is 44.2 Å². The lowest BCUT2D eigenvalue weighted by atomic mass is 9.90. The van der Waals surface area contributed by atoms with E-state index in [0.717, 1.165) is 29.3 Å². The Morgan fingerprint density at radius 2 is 1.75 bits per heavy atom. The zero-order valence-electron chi connectivity index (χ0n) is 22.5. The van der Waals surface area contributed by atoms with Gasteiger partial charge >= 0.3 is 12.4 Å². The van der Waals surface area contributed by atoms with E-state index in [9.17, 15) is 49.8 Å². The fourth-order valence-electron chi connectivity index (χ4n) is 5.26. The number of aliphatic hydroxyl groups is 1. The number of carbonyl (C=O) groups excluding carboxylic acids is 2. The molecular formula is C28H21F8N5O3. The van der Waals surface area contributed by atoms with E-state index >= 15 is 0 Å². The van der Waals surface area contributed by atoms with E-state index < -0.39 is 87.4 Å². The van der Waals surface area contributed by atoms with Gasteiger partial charge in [0, 0.05) is 17.7 Å². The van der Waals surface area contributed by atoms with Gasteiger partial charge < -0.3 is 10.4 Å². The van der Waals surface area contributed by atoms with Gasteiger partial charge in [0.2, 0.25) is 0 Å². The van der Waals surface area contributed by atoms with Crippen LogP contribution < -0.4 is 5.32 Å². The number of fused-ring (bicyclic) bond motifs is 1. The second-order valence-corrected chi connectivity index (χ2v) is 10.3. The van der Waals surface area contributed by atoms with Gasteiger partial charge in [-0.05, 0) is 62.2 Å². The van der Waals surface area contributed by atoms with Gasteiger partial charge in [-0.3, -0.25) is 14.6 Å². The number of hydrogen-bond donors (Lipinski definition) is 2. The molecule has 0 spiro atoms. The summed E-state index contributed by atoms with van der Waals surface area (Å²) in [4.78, 5) is 33.9. The molecule has 1 saturated heterocycles. The van der Waals surface area contributed by atoms with Crippen molar-refractivity contribution in [2.75, 3.05) is 11.9 Å². The molecule has 0 saturated carbocycles. The molecule has 2 aromatic carbocycles. The SMILES string of the molecule is CC12CCCN1N(Cc1cc(F)ccc1F)C(=O)C(C(=O)Nc1ccc(C(F)(F)F)cc1-c1cc(C(F)(F)F)ncn1)=C2O. The molecule has 1 atom stereocenters. The third kappa shape index (κ3) is 5.56. The highest BCUT2D eigenvalue weighted by molar-refractivity contribution is 6.24. The zero-order valence-corrected chi connectivity index (χ0v) is 22.5. The van der Waals surface area contributed by atoms with Crippen molar-refractivity contribution in [3.05, 3.63) is 88.6 Å². The van der Waals surface area contributed by atoms with Gasteiger partial charge in [0.1, 0.15) is 35.0 Å². The Morgan fingerprint density at radius 3 is 2.43 bits per heavy atom. The lowest BCUT2D eigenvalue weighted by Crippen LogP contribution is -2.60. The number of benzene rings is 2. The van der Waals surface area contributed by atoms with Gasteiger partial charge in [-0.25, -0.2) is 23.8 Å². The zero-order chi connectivity index (χ0) is 32.2. The molecule has 2 amide bonds. The molecule has 1 aromatic heterocycles. The summed E-state index contributed by atoms with van der Waals surface area (Å²) in [5.74, 6) is -4.75. The molecule has 5 rings (SSSR count). The van der Waals surface area contributed by atoms with Gasteiger partial charge in [-0.15, -0.1) is 0 Å². The Morgan fingerprint density at radius 1 is 1.02 bits per heavy atom. The maximum Gasteiger partial charge on any atom is 0.433 e. The number of halogens is 8. The lowest BCUT2D eigenvalue weighted by molar-refractivity contribution is -0.160. The molecule has 2 aliphatic heterocycles. The second kappa shape index (κ2) is 10.8. The van der Waals surface area contributed by atoms with E-state index in [1.807, 2.05) is 0 Å². The van der Waals surface area contributed by atoms with E-state index in [0.29, 0.717) is 30.9 Å². The summed E-state index contributed by atoms with van der Waals surface area (Å²) in [6, 6.07) is 4.76. The first-order valence-electron chi connectivity index (χ1n) is 12.9. The molecule has 3 heterocycles. The van der Waals surface area contributed by atoms with Crippen LogP contribution in [-0.2, 0) is 28.5 Å². The average molecular weight is 627 g/mol. The first-order valence-corrected chi connectivity index (χ1v) is 12.9. The molecule has 8 nitrogen and oxygen atoms in total. The smallest absolute Gasteiger partial charge is 0.433 e. The predicted molar refractivity (Wildman–Crippen MR) is 137 cm³/mol. The summed E-state index contributed by atoms with van der Waals surface area (Å²) < 4.78 is 109. The van der Waals surface area contributed by atoms with Crippen molar-refractivity contribution in [3.8, 4) is 11.3 Å². The Bertz CT molecular complexity index is 1690. The summed E-state index contributed by atoms with van der Waals surface area (Å²) in [5.41, 5.74) is -6.84. The van der Waals surface area contributed by atoms with E-state index in [4.69, 9.17) is 0 Å². The Hall–Kier alpha value is -4.60. The van der Waals surface area contributed by atoms with Crippen LogP contribution in [0.15, 0.2) is 60.1 Å². The summed E-state index contributed by atoms with van der Waals surface area (Å²) >= 11 is 0. The quantitative estimate of drug-likeness (QED) is 0.265. The lowest BCUT2D eigenvalue weighted by Gasteiger charge is -2.46. The molecule has 0 bridgehead atoms. The van der Waals surface area contributed by atoms with Crippen LogP contribution in [0.5, 0.6) is 0 Å². The van der Waals surface area contributed by atoms with E-state index in [2.05, 4.69) is 15.3 Å². The number of carbonyl (C=O) groups is 2. The van der Waals surface area contributed by atoms with Crippen molar-refractivity contribution >= 4 is 17.5 Å². The van der Waals surface area contributed by atoms with Crippen LogP contribution in [-0.4, -0.2) is 49.0 Å². The van der Waals surface area contributed by atoms with E-state index in [1.54, 1.807) is 0 Å². The Labute approximate surface area is 243 Å². The minimum atomic E-state index is -4.97. The molecule has 2 N–H and O–H groups in total. The number of nitrogens with zero attached hydrogens (tertiary/aromatic N) is 4. The molecule has 3 aromatic rings. The third-order valence-corrected chi connectivity index (χ3v) is 7.47. The number of aromatic nitrogens is 2. The third-order valence-electron chi connectivity index (χ3n) is 7.47. The molecule has 0 radical (unpaired) electrons. The van der Waals surface area contributed by atoms with E-state index in [1.165, 1.54) is 11.9 Å². The van der Waals surface area contributed by atoms with Crippen molar-refractivity contribution < 1.29 is 49.8 Å².